The maximum absolute atomic E-state index is 12.2. The Bertz CT molecular complexity index is 794. The Hall–Kier alpha value is -1.48. The molecule has 2 aliphatic rings. The molecular formula is C19H30N3O5S-. The number of nitrogens with zero attached hydrogens (tertiary/aromatic N) is 2. The summed E-state index contributed by atoms with van der Waals surface area (Å²) in [5.74, 6) is -1.31. The lowest BCUT2D eigenvalue weighted by Gasteiger charge is -2.37. The molecule has 158 valence electrons. The third kappa shape index (κ3) is 4.40. The second-order valence-electron chi connectivity index (χ2n) is 8.86. The van der Waals surface area contributed by atoms with Crippen LogP contribution in [-0.4, -0.2) is 43.9 Å². The molecule has 9 heteroatoms. The number of carbonyl (C=O) groups is 1. The first kappa shape index (κ1) is 21.2. The minimum Gasteiger partial charge on any atom is -0.550 e. The van der Waals surface area contributed by atoms with Crippen LogP contribution >= 0.6 is 0 Å². The first-order valence-corrected chi connectivity index (χ1v) is 12.0. The molecule has 1 unspecified atom stereocenters. The van der Waals surface area contributed by atoms with Crippen molar-refractivity contribution < 1.29 is 22.8 Å². The van der Waals surface area contributed by atoms with E-state index in [1.165, 1.54) is 32.1 Å². The number of rotatable bonds is 9. The van der Waals surface area contributed by atoms with E-state index in [1.807, 2.05) is 0 Å². The molecule has 1 aliphatic heterocycles. The average molecular weight is 413 g/mol. The number of aromatic nitrogens is 2. The summed E-state index contributed by atoms with van der Waals surface area (Å²) in [7, 11) is -3.43. The van der Waals surface area contributed by atoms with Crippen LogP contribution in [-0.2, 0) is 19.4 Å². The van der Waals surface area contributed by atoms with E-state index < -0.39 is 26.5 Å². The second kappa shape index (κ2) is 8.10. The highest BCUT2D eigenvalue weighted by atomic mass is 32.2. The first-order chi connectivity index (χ1) is 13.2. The van der Waals surface area contributed by atoms with Crippen LogP contribution in [0.3, 0.4) is 0 Å². The minimum absolute atomic E-state index is 0.117. The molecule has 1 aromatic heterocycles. The van der Waals surface area contributed by atoms with Crippen LogP contribution in [0.25, 0.3) is 0 Å². The van der Waals surface area contributed by atoms with E-state index in [0.717, 1.165) is 19.1 Å². The molecule has 2 fully saturated rings. The highest BCUT2D eigenvalue weighted by Crippen LogP contribution is 2.41. The number of carboxylic acids is 1. The van der Waals surface area contributed by atoms with Crippen molar-refractivity contribution in [2.45, 2.75) is 75.4 Å². The minimum atomic E-state index is -3.43. The summed E-state index contributed by atoms with van der Waals surface area (Å²) < 4.78 is 28.6. The number of carbonyl (C=O) groups excluding carboxylic acids is 1. The molecule has 1 aliphatic carbocycles. The van der Waals surface area contributed by atoms with Gasteiger partial charge in [-0.25, -0.2) is 8.42 Å². The molecule has 8 nitrogen and oxygen atoms in total. The number of aliphatic carboxylic acids is 1. The zero-order valence-corrected chi connectivity index (χ0v) is 17.5. The van der Waals surface area contributed by atoms with E-state index in [1.54, 1.807) is 0 Å². The van der Waals surface area contributed by atoms with Crippen molar-refractivity contribution in [1.29, 1.82) is 0 Å². The maximum atomic E-state index is 12.2. The zero-order chi connectivity index (χ0) is 20.4. The van der Waals surface area contributed by atoms with Gasteiger partial charge in [0.2, 0.25) is 5.89 Å². The number of carboxylic acid groups (broad SMARTS) is 1. The maximum Gasteiger partial charge on any atom is 0.230 e. The Morgan fingerprint density at radius 2 is 1.96 bits per heavy atom. The monoisotopic (exact) mass is 412 g/mol. The Labute approximate surface area is 166 Å². The van der Waals surface area contributed by atoms with E-state index in [-0.39, 0.29) is 31.2 Å². The average Bonchev–Trinajstić information content (AvgIpc) is 3.01. The predicted octanol–water partition coefficient (Wildman–Crippen LogP) is 1.28. The summed E-state index contributed by atoms with van der Waals surface area (Å²) in [4.78, 5) is 15.6. The highest BCUT2D eigenvalue weighted by molar-refractivity contribution is 7.91. The van der Waals surface area contributed by atoms with E-state index in [9.17, 15) is 18.3 Å². The lowest BCUT2D eigenvalue weighted by molar-refractivity contribution is -0.306. The Kier molecular flexibility index (Phi) is 6.14. The summed E-state index contributed by atoms with van der Waals surface area (Å²) in [6.07, 6.45) is 9.70. The molecule has 0 aromatic carbocycles. The zero-order valence-electron chi connectivity index (χ0n) is 16.7. The second-order valence-corrected chi connectivity index (χ2v) is 11.2. The first-order valence-electron chi connectivity index (χ1n) is 10.1. The Balaban J connectivity index is 1.70. The molecule has 1 N–H and O–H groups in total. The summed E-state index contributed by atoms with van der Waals surface area (Å²) in [5.41, 5.74) is 0.322. The summed E-state index contributed by atoms with van der Waals surface area (Å²) in [6.45, 7) is 2.77. The Morgan fingerprint density at radius 3 is 2.50 bits per heavy atom. The van der Waals surface area contributed by atoms with Crippen LogP contribution in [0.15, 0.2) is 4.52 Å². The fourth-order valence-corrected chi connectivity index (χ4v) is 5.61. The molecule has 0 bridgehead atoms. The number of hydrogen-bond acceptors (Lipinski definition) is 8. The quantitative estimate of drug-likeness (QED) is 0.643. The third-order valence-electron chi connectivity index (χ3n) is 6.54. The van der Waals surface area contributed by atoms with Gasteiger partial charge in [0, 0.05) is 31.2 Å². The molecule has 0 amide bonds. The summed E-state index contributed by atoms with van der Waals surface area (Å²) in [6, 6.07) is 0. The van der Waals surface area contributed by atoms with Crippen molar-refractivity contribution in [2.75, 3.05) is 19.3 Å². The lowest BCUT2D eigenvalue weighted by Crippen LogP contribution is -2.61. The SMILES string of the molecule is CC1(CCCC(CC(=O)[O-])c2nc(C3(S(C)(=O)=O)CNC3)no2)CCCCC1. The van der Waals surface area contributed by atoms with E-state index in [4.69, 9.17) is 4.52 Å². The van der Waals surface area contributed by atoms with Gasteiger partial charge >= 0.3 is 0 Å². The van der Waals surface area contributed by atoms with Crippen LogP contribution in [0, 0.1) is 5.41 Å². The van der Waals surface area contributed by atoms with Crippen LogP contribution in [0.1, 0.15) is 82.3 Å². The number of hydrogen-bond donors (Lipinski definition) is 1. The summed E-state index contributed by atoms with van der Waals surface area (Å²) in [5, 5.41) is 18.1. The topological polar surface area (TPSA) is 125 Å². The standard InChI is InChI=1S/C19H31N3O5S/c1-18(8-4-3-5-9-18)10-6-7-14(11-15(23)24)16-21-17(22-27-16)19(12-20-13-19)28(2,25)26/h14,20H,3-13H2,1-2H3,(H,23,24)/p-1. The van der Waals surface area contributed by atoms with Crippen molar-refractivity contribution in [2.24, 2.45) is 5.41 Å². The van der Waals surface area contributed by atoms with Crippen LogP contribution in [0.4, 0.5) is 0 Å². The van der Waals surface area contributed by atoms with Gasteiger partial charge < -0.3 is 19.7 Å². The molecule has 0 spiro atoms. The van der Waals surface area contributed by atoms with Gasteiger partial charge in [-0.3, -0.25) is 0 Å². The molecule has 2 heterocycles. The van der Waals surface area contributed by atoms with Crippen molar-refractivity contribution in [3.63, 3.8) is 0 Å². The van der Waals surface area contributed by atoms with Gasteiger partial charge in [0.05, 0.1) is 0 Å². The van der Waals surface area contributed by atoms with Gasteiger partial charge in [0.1, 0.15) is 0 Å². The smallest absolute Gasteiger partial charge is 0.230 e. The highest BCUT2D eigenvalue weighted by Gasteiger charge is 2.52. The molecular weight excluding hydrogens is 382 g/mol. The largest absolute Gasteiger partial charge is 0.550 e. The van der Waals surface area contributed by atoms with Crippen molar-refractivity contribution >= 4 is 15.8 Å². The molecule has 1 saturated carbocycles. The van der Waals surface area contributed by atoms with Crippen molar-refractivity contribution in [3.8, 4) is 0 Å². The van der Waals surface area contributed by atoms with Crippen LogP contribution in [0.5, 0.6) is 0 Å². The van der Waals surface area contributed by atoms with E-state index in [2.05, 4.69) is 22.4 Å². The molecule has 1 aromatic rings. The van der Waals surface area contributed by atoms with Gasteiger partial charge in [-0.15, -0.1) is 0 Å². The molecule has 1 atom stereocenters. The van der Waals surface area contributed by atoms with Crippen LogP contribution < -0.4 is 10.4 Å². The van der Waals surface area contributed by atoms with Gasteiger partial charge in [0.25, 0.3) is 0 Å². The molecule has 0 radical (unpaired) electrons. The molecule has 1 saturated heterocycles. The number of sulfone groups is 1. The van der Waals surface area contributed by atoms with E-state index >= 15 is 0 Å². The summed E-state index contributed by atoms with van der Waals surface area (Å²) >= 11 is 0. The Morgan fingerprint density at radius 1 is 1.29 bits per heavy atom. The van der Waals surface area contributed by atoms with Crippen molar-refractivity contribution in [1.82, 2.24) is 15.5 Å². The van der Waals surface area contributed by atoms with Crippen molar-refractivity contribution in [3.05, 3.63) is 11.7 Å². The normalized spacial score (nSPS) is 22.4. The van der Waals surface area contributed by atoms with Gasteiger partial charge in [0.15, 0.2) is 20.4 Å². The van der Waals surface area contributed by atoms with Gasteiger partial charge in [-0.2, -0.15) is 4.98 Å². The predicted molar refractivity (Wildman–Crippen MR) is 101 cm³/mol. The van der Waals surface area contributed by atoms with Gasteiger partial charge in [-0.05, 0) is 37.5 Å². The fraction of sp³-hybridized carbons (Fsp3) is 0.842. The lowest BCUT2D eigenvalue weighted by atomic mass is 9.72. The third-order valence-corrected chi connectivity index (χ3v) is 8.43. The molecule has 28 heavy (non-hydrogen) atoms. The van der Waals surface area contributed by atoms with Gasteiger partial charge in [-0.1, -0.05) is 37.8 Å². The van der Waals surface area contributed by atoms with E-state index in [0.29, 0.717) is 11.8 Å². The fourth-order valence-electron chi connectivity index (χ4n) is 4.47. The number of nitrogens with one attached hydrogen (secondary N) is 1. The molecule has 3 rings (SSSR count). The van der Waals surface area contributed by atoms with Crippen LogP contribution in [0.2, 0.25) is 0 Å².